The molecule has 0 saturated heterocycles. The van der Waals surface area contributed by atoms with Crippen LogP contribution in [-0.2, 0) is 6.42 Å². The Labute approximate surface area is 138 Å². The van der Waals surface area contributed by atoms with Crippen molar-refractivity contribution in [3.63, 3.8) is 0 Å². The molecule has 0 spiro atoms. The first-order chi connectivity index (χ1) is 11.2. The molecule has 0 aromatic heterocycles. The van der Waals surface area contributed by atoms with Gasteiger partial charge in [-0.2, -0.15) is 0 Å². The van der Waals surface area contributed by atoms with E-state index in [0.717, 1.165) is 18.4 Å². The summed E-state index contributed by atoms with van der Waals surface area (Å²) >= 11 is 0. The van der Waals surface area contributed by atoms with Gasteiger partial charge in [-0.25, -0.2) is 0 Å². The summed E-state index contributed by atoms with van der Waals surface area (Å²) < 4.78 is 0. The maximum Gasteiger partial charge on any atom is 0.251 e. The number of aliphatic hydroxyl groups is 1. The van der Waals surface area contributed by atoms with Crippen molar-refractivity contribution < 1.29 is 9.90 Å². The third kappa shape index (κ3) is 5.22. The molecule has 3 nitrogen and oxygen atoms in total. The largest absolute Gasteiger partial charge is 0.396 e. The number of carbonyl (C=O) groups is 1. The zero-order chi connectivity index (χ0) is 16.5. The Hall–Kier alpha value is -2.13. The van der Waals surface area contributed by atoms with Crippen LogP contribution in [-0.4, -0.2) is 24.2 Å². The second-order valence-corrected chi connectivity index (χ2v) is 5.78. The first kappa shape index (κ1) is 17.2. The highest BCUT2D eigenvalue weighted by Gasteiger charge is 2.13. The highest BCUT2D eigenvalue weighted by molar-refractivity contribution is 5.94. The monoisotopic (exact) mass is 311 g/mol. The van der Waals surface area contributed by atoms with Gasteiger partial charge in [0.15, 0.2) is 0 Å². The molecule has 0 aliphatic rings. The van der Waals surface area contributed by atoms with Gasteiger partial charge in [0, 0.05) is 24.6 Å². The molecule has 2 rings (SSSR count). The third-order valence-corrected chi connectivity index (χ3v) is 4.01. The maximum absolute atomic E-state index is 12.3. The smallest absolute Gasteiger partial charge is 0.251 e. The van der Waals surface area contributed by atoms with Crippen molar-refractivity contribution in [2.75, 3.05) is 13.2 Å². The Morgan fingerprint density at radius 1 is 1.09 bits per heavy atom. The first-order valence-electron chi connectivity index (χ1n) is 8.27. The van der Waals surface area contributed by atoms with E-state index in [1.807, 2.05) is 54.6 Å². The number of hydrogen-bond acceptors (Lipinski definition) is 2. The Morgan fingerprint density at radius 3 is 2.39 bits per heavy atom. The zero-order valence-corrected chi connectivity index (χ0v) is 13.7. The molecule has 1 unspecified atom stereocenters. The van der Waals surface area contributed by atoms with E-state index in [9.17, 15) is 9.90 Å². The van der Waals surface area contributed by atoms with Crippen molar-refractivity contribution in [1.29, 1.82) is 0 Å². The lowest BCUT2D eigenvalue weighted by Crippen LogP contribution is -2.28. The number of carbonyl (C=O) groups excluding carboxylic acids is 1. The lowest BCUT2D eigenvalue weighted by molar-refractivity contribution is 0.0949. The van der Waals surface area contributed by atoms with Crippen LogP contribution in [0.4, 0.5) is 0 Å². The van der Waals surface area contributed by atoms with E-state index in [0.29, 0.717) is 18.5 Å². The molecular formula is C20H25NO2. The highest BCUT2D eigenvalue weighted by atomic mass is 16.3. The lowest BCUT2D eigenvalue weighted by atomic mass is 9.96. The van der Waals surface area contributed by atoms with Gasteiger partial charge in [-0.3, -0.25) is 4.79 Å². The molecule has 1 amide bonds. The van der Waals surface area contributed by atoms with Gasteiger partial charge < -0.3 is 10.4 Å². The summed E-state index contributed by atoms with van der Waals surface area (Å²) in [5, 5.41) is 12.2. The molecule has 2 aromatic rings. The topological polar surface area (TPSA) is 49.3 Å². The summed E-state index contributed by atoms with van der Waals surface area (Å²) in [4.78, 5) is 12.3. The Kier molecular flexibility index (Phi) is 6.82. The SMILES string of the molecule is CCCc1ccc(C(=O)NCC(CCO)c2ccccc2)cc1. The molecule has 0 radical (unpaired) electrons. The fourth-order valence-electron chi connectivity index (χ4n) is 2.70. The van der Waals surface area contributed by atoms with Gasteiger partial charge in [0.25, 0.3) is 5.91 Å². The molecule has 0 fully saturated rings. The molecule has 0 heterocycles. The average molecular weight is 311 g/mol. The van der Waals surface area contributed by atoms with Crippen molar-refractivity contribution in [3.8, 4) is 0 Å². The molecule has 3 heteroatoms. The molecular weight excluding hydrogens is 286 g/mol. The number of rotatable bonds is 8. The number of aliphatic hydroxyl groups excluding tert-OH is 1. The van der Waals surface area contributed by atoms with E-state index in [-0.39, 0.29) is 18.4 Å². The summed E-state index contributed by atoms with van der Waals surface area (Å²) in [7, 11) is 0. The molecule has 2 N–H and O–H groups in total. The van der Waals surface area contributed by atoms with Crippen LogP contribution in [0.15, 0.2) is 54.6 Å². The van der Waals surface area contributed by atoms with E-state index in [1.54, 1.807) is 0 Å². The van der Waals surface area contributed by atoms with E-state index in [1.165, 1.54) is 5.56 Å². The van der Waals surface area contributed by atoms with Gasteiger partial charge in [-0.1, -0.05) is 55.8 Å². The molecule has 23 heavy (non-hydrogen) atoms. The zero-order valence-electron chi connectivity index (χ0n) is 13.7. The molecule has 1 atom stereocenters. The van der Waals surface area contributed by atoms with Crippen LogP contribution in [0.3, 0.4) is 0 Å². The Morgan fingerprint density at radius 2 is 1.78 bits per heavy atom. The number of nitrogens with one attached hydrogen (secondary N) is 1. The third-order valence-electron chi connectivity index (χ3n) is 4.01. The standard InChI is InChI=1S/C20H25NO2/c1-2-6-16-9-11-18(12-10-16)20(23)21-15-19(13-14-22)17-7-4-3-5-8-17/h3-5,7-12,19,22H,2,6,13-15H2,1H3,(H,21,23). The van der Waals surface area contributed by atoms with E-state index >= 15 is 0 Å². The van der Waals surface area contributed by atoms with Crippen LogP contribution in [0.1, 0.15) is 47.2 Å². The van der Waals surface area contributed by atoms with Gasteiger partial charge in [-0.15, -0.1) is 0 Å². The van der Waals surface area contributed by atoms with Gasteiger partial charge >= 0.3 is 0 Å². The van der Waals surface area contributed by atoms with Crippen molar-refractivity contribution in [2.45, 2.75) is 32.1 Å². The summed E-state index contributed by atoms with van der Waals surface area (Å²) in [6.45, 7) is 2.78. The molecule has 0 aliphatic heterocycles. The van der Waals surface area contributed by atoms with Crippen molar-refractivity contribution in [3.05, 3.63) is 71.3 Å². The van der Waals surface area contributed by atoms with Gasteiger partial charge in [0.2, 0.25) is 0 Å². The van der Waals surface area contributed by atoms with E-state index in [2.05, 4.69) is 12.2 Å². The minimum absolute atomic E-state index is 0.0630. The predicted octanol–water partition coefficient (Wildman–Crippen LogP) is 3.54. The summed E-state index contributed by atoms with van der Waals surface area (Å²) in [6, 6.07) is 17.8. The number of aryl methyl sites for hydroxylation is 1. The van der Waals surface area contributed by atoms with E-state index in [4.69, 9.17) is 0 Å². The summed E-state index contributed by atoms with van der Waals surface area (Å²) in [5.41, 5.74) is 3.08. The van der Waals surface area contributed by atoms with Crippen LogP contribution in [0.2, 0.25) is 0 Å². The summed E-state index contributed by atoms with van der Waals surface area (Å²) in [5.74, 6) is 0.0661. The highest BCUT2D eigenvalue weighted by Crippen LogP contribution is 2.18. The van der Waals surface area contributed by atoms with Crippen molar-refractivity contribution in [2.24, 2.45) is 0 Å². The second kappa shape index (κ2) is 9.11. The normalized spacial score (nSPS) is 11.9. The molecule has 122 valence electrons. The second-order valence-electron chi connectivity index (χ2n) is 5.78. The van der Waals surface area contributed by atoms with E-state index < -0.39 is 0 Å². The predicted molar refractivity (Wildman–Crippen MR) is 93.7 cm³/mol. The van der Waals surface area contributed by atoms with Crippen molar-refractivity contribution in [1.82, 2.24) is 5.32 Å². The van der Waals surface area contributed by atoms with Gasteiger partial charge in [0.05, 0.1) is 0 Å². The van der Waals surface area contributed by atoms with Gasteiger partial charge in [-0.05, 0) is 36.1 Å². The molecule has 0 saturated carbocycles. The first-order valence-corrected chi connectivity index (χ1v) is 8.27. The number of amides is 1. The minimum atomic E-state index is -0.0630. The molecule has 0 aliphatic carbocycles. The van der Waals surface area contributed by atoms with Crippen LogP contribution < -0.4 is 5.32 Å². The number of hydrogen-bond donors (Lipinski definition) is 2. The van der Waals surface area contributed by atoms with Crippen LogP contribution >= 0.6 is 0 Å². The maximum atomic E-state index is 12.3. The fraction of sp³-hybridized carbons (Fsp3) is 0.350. The Bertz CT molecular complexity index is 593. The quantitative estimate of drug-likeness (QED) is 0.783. The molecule has 2 aromatic carbocycles. The number of benzene rings is 2. The fourth-order valence-corrected chi connectivity index (χ4v) is 2.70. The Balaban J connectivity index is 1.95. The van der Waals surface area contributed by atoms with Crippen molar-refractivity contribution >= 4 is 5.91 Å². The van der Waals surface area contributed by atoms with Gasteiger partial charge in [0.1, 0.15) is 0 Å². The van der Waals surface area contributed by atoms with Crippen LogP contribution in [0.5, 0.6) is 0 Å². The van der Waals surface area contributed by atoms with Crippen LogP contribution in [0, 0.1) is 0 Å². The minimum Gasteiger partial charge on any atom is -0.396 e. The average Bonchev–Trinajstić information content (AvgIpc) is 2.60. The summed E-state index contributed by atoms with van der Waals surface area (Å²) in [6.07, 6.45) is 2.78. The molecule has 0 bridgehead atoms. The van der Waals surface area contributed by atoms with Crippen LogP contribution in [0.25, 0.3) is 0 Å². The lowest BCUT2D eigenvalue weighted by Gasteiger charge is -2.17.